The second kappa shape index (κ2) is 6.87. The fourth-order valence-corrected chi connectivity index (χ4v) is 0.684. The molecular formula is C6H14O4S. The molecular weight excluding hydrogens is 168 g/mol. The molecule has 0 saturated heterocycles. The van der Waals surface area contributed by atoms with Crippen molar-refractivity contribution in [3.8, 4) is 0 Å². The van der Waals surface area contributed by atoms with Gasteiger partial charge in [0.15, 0.2) is 0 Å². The zero-order valence-electron chi connectivity index (χ0n) is 6.18. The van der Waals surface area contributed by atoms with Gasteiger partial charge in [-0.2, -0.15) is 12.6 Å². The molecule has 0 bridgehead atoms. The van der Waals surface area contributed by atoms with Crippen LogP contribution in [-0.2, 0) is 4.74 Å². The molecule has 0 spiro atoms. The second-order valence-corrected chi connectivity index (χ2v) is 2.52. The zero-order valence-corrected chi connectivity index (χ0v) is 7.07. The van der Waals surface area contributed by atoms with Crippen LogP contribution < -0.4 is 0 Å². The topological polar surface area (TPSA) is 69.9 Å². The SMILES string of the molecule is OCC(O)COC(CO)CS. The minimum atomic E-state index is -0.871. The maximum Gasteiger partial charge on any atom is 0.100 e. The number of aliphatic hydroxyl groups is 3. The van der Waals surface area contributed by atoms with Crippen LogP contribution in [0, 0.1) is 0 Å². The summed E-state index contributed by atoms with van der Waals surface area (Å²) in [7, 11) is 0. The summed E-state index contributed by atoms with van der Waals surface area (Å²) in [5.74, 6) is 0.397. The van der Waals surface area contributed by atoms with Crippen LogP contribution in [0.2, 0.25) is 0 Å². The fraction of sp³-hybridized carbons (Fsp3) is 1.00. The van der Waals surface area contributed by atoms with E-state index in [2.05, 4.69) is 12.6 Å². The van der Waals surface area contributed by atoms with Crippen LogP contribution in [-0.4, -0.2) is 53.1 Å². The predicted molar refractivity (Wildman–Crippen MR) is 43.8 cm³/mol. The third kappa shape index (κ3) is 5.46. The molecule has 0 aromatic rings. The van der Waals surface area contributed by atoms with Gasteiger partial charge in [0.05, 0.1) is 25.9 Å². The van der Waals surface area contributed by atoms with Crippen molar-refractivity contribution in [3.05, 3.63) is 0 Å². The van der Waals surface area contributed by atoms with Crippen LogP contribution in [0.15, 0.2) is 0 Å². The van der Waals surface area contributed by atoms with E-state index in [4.69, 9.17) is 20.1 Å². The highest BCUT2D eigenvalue weighted by molar-refractivity contribution is 7.80. The van der Waals surface area contributed by atoms with Crippen LogP contribution >= 0.6 is 12.6 Å². The summed E-state index contributed by atoms with van der Waals surface area (Å²) >= 11 is 3.90. The highest BCUT2D eigenvalue weighted by Crippen LogP contribution is 1.95. The Morgan fingerprint density at radius 2 is 1.91 bits per heavy atom. The molecule has 0 fully saturated rings. The van der Waals surface area contributed by atoms with Crippen molar-refractivity contribution < 1.29 is 20.1 Å². The monoisotopic (exact) mass is 182 g/mol. The minimum Gasteiger partial charge on any atom is -0.394 e. The Morgan fingerprint density at radius 3 is 2.27 bits per heavy atom. The Balaban J connectivity index is 3.34. The van der Waals surface area contributed by atoms with Gasteiger partial charge in [0.25, 0.3) is 0 Å². The first kappa shape index (κ1) is 11.2. The standard InChI is InChI=1S/C6H14O4S/c7-1-5(9)3-10-6(2-8)4-11/h5-9,11H,1-4H2. The highest BCUT2D eigenvalue weighted by Gasteiger charge is 2.08. The molecule has 0 aliphatic heterocycles. The van der Waals surface area contributed by atoms with Gasteiger partial charge in [-0.05, 0) is 0 Å². The molecule has 0 radical (unpaired) electrons. The van der Waals surface area contributed by atoms with Crippen LogP contribution in [0.1, 0.15) is 0 Å². The summed E-state index contributed by atoms with van der Waals surface area (Å²) in [6, 6.07) is 0. The number of rotatable bonds is 6. The Kier molecular flexibility index (Phi) is 6.99. The van der Waals surface area contributed by atoms with Gasteiger partial charge in [0.2, 0.25) is 0 Å². The first-order valence-electron chi connectivity index (χ1n) is 3.36. The number of hydrogen-bond acceptors (Lipinski definition) is 5. The quantitative estimate of drug-likeness (QED) is 0.383. The van der Waals surface area contributed by atoms with Gasteiger partial charge in [-0.3, -0.25) is 0 Å². The van der Waals surface area contributed by atoms with E-state index in [0.29, 0.717) is 5.75 Å². The number of hydrogen-bond donors (Lipinski definition) is 4. The van der Waals surface area contributed by atoms with Crippen molar-refractivity contribution in [1.82, 2.24) is 0 Å². The largest absolute Gasteiger partial charge is 0.394 e. The van der Waals surface area contributed by atoms with Crippen LogP contribution in [0.5, 0.6) is 0 Å². The average molecular weight is 182 g/mol. The predicted octanol–water partition coefficient (Wildman–Crippen LogP) is -1.35. The Labute approximate surface area is 71.2 Å². The fourth-order valence-electron chi connectivity index (χ4n) is 0.463. The van der Waals surface area contributed by atoms with E-state index in [0.717, 1.165) is 0 Å². The molecule has 0 aromatic heterocycles. The molecule has 5 heteroatoms. The highest BCUT2D eigenvalue weighted by atomic mass is 32.1. The Morgan fingerprint density at radius 1 is 1.27 bits per heavy atom. The molecule has 0 amide bonds. The number of ether oxygens (including phenoxy) is 1. The van der Waals surface area contributed by atoms with E-state index in [-0.39, 0.29) is 25.9 Å². The van der Waals surface area contributed by atoms with Crippen LogP contribution in [0.4, 0.5) is 0 Å². The van der Waals surface area contributed by atoms with E-state index in [1.165, 1.54) is 0 Å². The van der Waals surface area contributed by atoms with E-state index >= 15 is 0 Å². The number of thiol groups is 1. The molecule has 0 saturated carbocycles. The zero-order chi connectivity index (χ0) is 8.69. The van der Waals surface area contributed by atoms with Gasteiger partial charge < -0.3 is 20.1 Å². The van der Waals surface area contributed by atoms with E-state index in [1.807, 2.05) is 0 Å². The van der Waals surface area contributed by atoms with Crippen molar-refractivity contribution in [3.63, 3.8) is 0 Å². The summed E-state index contributed by atoms with van der Waals surface area (Å²) in [6.07, 6.45) is -1.23. The lowest BCUT2D eigenvalue weighted by Gasteiger charge is -2.14. The summed E-state index contributed by atoms with van der Waals surface area (Å²) in [6.45, 7) is -0.422. The summed E-state index contributed by atoms with van der Waals surface area (Å²) in [5.41, 5.74) is 0. The first-order valence-corrected chi connectivity index (χ1v) is 4.00. The molecule has 0 aromatic carbocycles. The third-order valence-electron chi connectivity index (χ3n) is 1.14. The van der Waals surface area contributed by atoms with Crippen LogP contribution in [0.3, 0.4) is 0 Å². The normalized spacial score (nSPS) is 16.4. The third-order valence-corrected chi connectivity index (χ3v) is 1.55. The Bertz CT molecular complexity index is 86.7. The van der Waals surface area contributed by atoms with Gasteiger partial charge in [-0.1, -0.05) is 0 Å². The smallest absolute Gasteiger partial charge is 0.100 e. The summed E-state index contributed by atoms with van der Waals surface area (Å²) in [5, 5.41) is 25.8. The van der Waals surface area contributed by atoms with Crippen molar-refractivity contribution in [1.29, 1.82) is 0 Å². The average Bonchev–Trinajstić information content (AvgIpc) is 2.06. The maximum absolute atomic E-state index is 8.82. The van der Waals surface area contributed by atoms with Gasteiger partial charge in [-0.15, -0.1) is 0 Å². The Hall–Kier alpha value is 0.190. The molecule has 2 atom stereocenters. The van der Waals surface area contributed by atoms with Crippen molar-refractivity contribution >= 4 is 12.6 Å². The van der Waals surface area contributed by atoms with Gasteiger partial charge in [0.1, 0.15) is 6.10 Å². The van der Waals surface area contributed by atoms with Crippen LogP contribution in [0.25, 0.3) is 0 Å². The molecule has 0 heterocycles. The molecule has 4 nitrogen and oxygen atoms in total. The first-order chi connectivity index (χ1) is 5.24. The van der Waals surface area contributed by atoms with Gasteiger partial charge in [0, 0.05) is 5.75 Å². The molecule has 0 aliphatic rings. The van der Waals surface area contributed by atoms with Crippen molar-refractivity contribution in [2.45, 2.75) is 12.2 Å². The molecule has 11 heavy (non-hydrogen) atoms. The lowest BCUT2D eigenvalue weighted by atomic mass is 10.4. The van der Waals surface area contributed by atoms with E-state index < -0.39 is 6.10 Å². The molecule has 3 N–H and O–H groups in total. The maximum atomic E-state index is 8.82. The lowest BCUT2D eigenvalue weighted by molar-refractivity contribution is -0.0368. The number of aliphatic hydroxyl groups excluding tert-OH is 3. The minimum absolute atomic E-state index is 0.0300. The van der Waals surface area contributed by atoms with Crippen molar-refractivity contribution in [2.75, 3.05) is 25.6 Å². The van der Waals surface area contributed by atoms with Crippen molar-refractivity contribution in [2.24, 2.45) is 0 Å². The molecule has 0 rings (SSSR count). The second-order valence-electron chi connectivity index (χ2n) is 2.16. The molecule has 2 unspecified atom stereocenters. The lowest BCUT2D eigenvalue weighted by Crippen LogP contribution is -2.27. The molecule has 0 aliphatic carbocycles. The summed E-state index contributed by atoms with van der Waals surface area (Å²) in [4.78, 5) is 0. The summed E-state index contributed by atoms with van der Waals surface area (Å²) < 4.78 is 4.96. The van der Waals surface area contributed by atoms with Gasteiger partial charge in [-0.25, -0.2) is 0 Å². The van der Waals surface area contributed by atoms with E-state index in [9.17, 15) is 0 Å². The molecule has 68 valence electrons. The van der Waals surface area contributed by atoms with Gasteiger partial charge >= 0.3 is 0 Å². The van der Waals surface area contributed by atoms with E-state index in [1.54, 1.807) is 0 Å².